The number of carbonyl (C=O) groups excluding carboxylic acids is 1. The van der Waals surface area contributed by atoms with E-state index in [0.29, 0.717) is 0 Å². The molecule has 7 heteroatoms. The summed E-state index contributed by atoms with van der Waals surface area (Å²) in [4.78, 5) is 11.7. The van der Waals surface area contributed by atoms with Crippen LogP contribution in [0.4, 0.5) is 0 Å². The summed E-state index contributed by atoms with van der Waals surface area (Å²) in [7, 11) is 1.44. The second-order valence-electron chi connectivity index (χ2n) is 5.46. The summed E-state index contributed by atoms with van der Waals surface area (Å²) in [5, 5.41) is 2.80. The third kappa shape index (κ3) is 5.55. The van der Waals surface area contributed by atoms with Gasteiger partial charge in [-0.05, 0) is 44.9 Å². The van der Waals surface area contributed by atoms with Gasteiger partial charge in [-0.25, -0.2) is 8.42 Å². The van der Waals surface area contributed by atoms with Gasteiger partial charge in [0.25, 0.3) is 15.0 Å². The van der Waals surface area contributed by atoms with Crippen molar-refractivity contribution in [3.8, 4) is 5.75 Å². The van der Waals surface area contributed by atoms with E-state index in [1.807, 2.05) is 20.8 Å². The van der Waals surface area contributed by atoms with Crippen LogP contribution in [0.5, 0.6) is 5.75 Å². The van der Waals surface area contributed by atoms with Gasteiger partial charge in [0.05, 0.1) is 0 Å². The van der Waals surface area contributed by atoms with Crippen molar-refractivity contribution in [3.63, 3.8) is 0 Å². The number of hydrogen-bond acceptors (Lipinski definition) is 4. The quantitative estimate of drug-likeness (QED) is 0.812. The van der Waals surface area contributed by atoms with Crippen LogP contribution >= 0.6 is 10.7 Å². The maximum atomic E-state index is 11.8. The minimum absolute atomic E-state index is 0.0695. The second-order valence-corrected chi connectivity index (χ2v) is 8.00. The number of rotatable bonds is 6. The summed E-state index contributed by atoms with van der Waals surface area (Å²) < 4.78 is 28.3. The molecule has 0 saturated heterocycles. The zero-order valence-corrected chi connectivity index (χ0v) is 14.1. The van der Waals surface area contributed by atoms with Gasteiger partial charge in [0.1, 0.15) is 10.6 Å². The van der Waals surface area contributed by atoms with Crippen molar-refractivity contribution in [2.24, 2.45) is 0 Å². The third-order valence-corrected chi connectivity index (χ3v) is 4.43. The highest BCUT2D eigenvalue weighted by Gasteiger charge is 2.20. The van der Waals surface area contributed by atoms with Crippen molar-refractivity contribution in [2.75, 3.05) is 6.61 Å². The van der Waals surface area contributed by atoms with E-state index in [2.05, 4.69) is 5.32 Å². The molecule has 0 saturated carbocycles. The topological polar surface area (TPSA) is 72.5 Å². The first-order chi connectivity index (χ1) is 9.55. The number of hydrogen-bond donors (Lipinski definition) is 1. The minimum atomic E-state index is -3.93. The zero-order chi connectivity index (χ0) is 16.3. The van der Waals surface area contributed by atoms with Gasteiger partial charge in [0.2, 0.25) is 0 Å². The summed E-state index contributed by atoms with van der Waals surface area (Å²) in [6.45, 7) is 7.22. The lowest BCUT2D eigenvalue weighted by Crippen LogP contribution is -2.44. The Labute approximate surface area is 130 Å². The van der Waals surface area contributed by atoms with E-state index < -0.39 is 9.05 Å². The molecule has 0 aromatic heterocycles. The fraction of sp³-hybridized carbons (Fsp3) is 0.500. The number of halogens is 1. The van der Waals surface area contributed by atoms with E-state index in [0.717, 1.165) is 12.0 Å². The largest absolute Gasteiger partial charge is 0.482 e. The van der Waals surface area contributed by atoms with Gasteiger partial charge in [0, 0.05) is 16.2 Å². The van der Waals surface area contributed by atoms with E-state index in [-0.39, 0.29) is 28.7 Å². The van der Waals surface area contributed by atoms with Crippen LogP contribution in [-0.4, -0.2) is 26.5 Å². The Kier molecular flexibility index (Phi) is 5.64. The van der Waals surface area contributed by atoms with Crippen LogP contribution in [0.3, 0.4) is 0 Å². The predicted octanol–water partition coefficient (Wildman–Crippen LogP) is 2.61. The zero-order valence-electron chi connectivity index (χ0n) is 12.6. The van der Waals surface area contributed by atoms with Crippen LogP contribution in [0.15, 0.2) is 23.1 Å². The van der Waals surface area contributed by atoms with Gasteiger partial charge < -0.3 is 10.1 Å². The van der Waals surface area contributed by atoms with E-state index in [1.165, 1.54) is 12.1 Å². The van der Waals surface area contributed by atoms with Gasteiger partial charge in [-0.1, -0.05) is 13.0 Å². The second kappa shape index (κ2) is 6.66. The Morgan fingerprint density at radius 3 is 2.52 bits per heavy atom. The van der Waals surface area contributed by atoms with Gasteiger partial charge in [-0.15, -0.1) is 0 Å². The van der Waals surface area contributed by atoms with Gasteiger partial charge in [-0.2, -0.15) is 0 Å². The molecule has 1 rings (SSSR count). The van der Waals surface area contributed by atoms with E-state index in [9.17, 15) is 13.2 Å². The fourth-order valence-electron chi connectivity index (χ4n) is 1.57. The average molecular weight is 334 g/mol. The lowest BCUT2D eigenvalue weighted by Gasteiger charge is -2.24. The van der Waals surface area contributed by atoms with Crippen LogP contribution in [0.2, 0.25) is 0 Å². The Hall–Kier alpha value is -1.27. The van der Waals surface area contributed by atoms with E-state index >= 15 is 0 Å². The first-order valence-electron chi connectivity index (χ1n) is 6.54. The number of ether oxygens (including phenoxy) is 1. The molecule has 0 aliphatic rings. The normalized spacial score (nSPS) is 12.0. The molecule has 0 radical (unpaired) electrons. The number of carbonyl (C=O) groups is 1. The molecular formula is C14H20ClNO4S. The fourth-order valence-corrected chi connectivity index (χ4v) is 2.63. The van der Waals surface area contributed by atoms with Crippen molar-refractivity contribution in [2.45, 2.75) is 44.6 Å². The molecule has 118 valence electrons. The molecule has 21 heavy (non-hydrogen) atoms. The van der Waals surface area contributed by atoms with E-state index in [1.54, 1.807) is 13.0 Å². The van der Waals surface area contributed by atoms with Crippen molar-refractivity contribution < 1.29 is 17.9 Å². The highest BCUT2D eigenvalue weighted by Crippen LogP contribution is 2.27. The van der Waals surface area contributed by atoms with Crippen LogP contribution in [0, 0.1) is 6.92 Å². The minimum Gasteiger partial charge on any atom is -0.482 e. The number of nitrogens with one attached hydrogen (secondary N) is 1. The maximum absolute atomic E-state index is 11.8. The smallest absolute Gasteiger partial charge is 0.264 e. The van der Waals surface area contributed by atoms with Crippen molar-refractivity contribution in [3.05, 3.63) is 23.8 Å². The number of amides is 1. The maximum Gasteiger partial charge on any atom is 0.264 e. The van der Waals surface area contributed by atoms with Gasteiger partial charge in [-0.3, -0.25) is 4.79 Å². The molecule has 1 aromatic rings. The summed E-state index contributed by atoms with van der Waals surface area (Å²) in [6, 6.07) is 4.59. The highest BCUT2D eigenvalue weighted by molar-refractivity contribution is 8.13. The van der Waals surface area contributed by atoms with Crippen LogP contribution in [0.25, 0.3) is 0 Å². The molecule has 0 bridgehead atoms. The standard InChI is InChI=1S/C14H20ClNO4S/c1-5-14(3,4)16-13(17)9-20-11-7-6-10(2)8-12(11)21(15,18)19/h6-8H,5,9H2,1-4H3,(H,16,17). The SMILES string of the molecule is CCC(C)(C)NC(=O)COc1ccc(C)cc1S(=O)(=O)Cl. The van der Waals surface area contributed by atoms with Crippen molar-refractivity contribution >= 4 is 25.6 Å². The predicted molar refractivity (Wildman–Crippen MR) is 82.2 cm³/mol. The molecule has 5 nitrogen and oxygen atoms in total. The van der Waals surface area contributed by atoms with Crippen LogP contribution in [0.1, 0.15) is 32.8 Å². The molecule has 0 atom stereocenters. The lowest BCUT2D eigenvalue weighted by molar-refractivity contribution is -0.124. The van der Waals surface area contributed by atoms with Gasteiger partial charge in [0.15, 0.2) is 6.61 Å². The molecule has 1 aromatic carbocycles. The summed E-state index contributed by atoms with van der Waals surface area (Å²) in [6.07, 6.45) is 0.768. The first-order valence-corrected chi connectivity index (χ1v) is 8.85. The first kappa shape index (κ1) is 17.8. The molecule has 0 aliphatic carbocycles. The molecule has 0 fully saturated rings. The lowest BCUT2D eigenvalue weighted by atomic mass is 10.0. The van der Waals surface area contributed by atoms with Crippen molar-refractivity contribution in [1.29, 1.82) is 0 Å². The molecule has 1 amide bonds. The number of aryl methyl sites for hydroxylation is 1. The summed E-state index contributed by atoms with van der Waals surface area (Å²) >= 11 is 0. The van der Waals surface area contributed by atoms with Crippen molar-refractivity contribution in [1.82, 2.24) is 5.32 Å². The molecule has 1 N–H and O–H groups in total. The Morgan fingerprint density at radius 2 is 2.00 bits per heavy atom. The molecule has 0 aliphatic heterocycles. The Morgan fingerprint density at radius 1 is 1.38 bits per heavy atom. The molecular weight excluding hydrogens is 314 g/mol. The van der Waals surface area contributed by atoms with Crippen LogP contribution in [-0.2, 0) is 13.8 Å². The molecule has 0 heterocycles. The molecule has 0 spiro atoms. The highest BCUT2D eigenvalue weighted by atomic mass is 35.7. The van der Waals surface area contributed by atoms with Crippen LogP contribution < -0.4 is 10.1 Å². The number of benzene rings is 1. The Balaban J connectivity index is 2.84. The molecule has 0 unspecified atom stereocenters. The summed E-state index contributed by atoms with van der Waals surface area (Å²) in [5.74, 6) is -0.250. The van der Waals surface area contributed by atoms with Gasteiger partial charge >= 0.3 is 0 Å². The summed E-state index contributed by atoms with van der Waals surface area (Å²) in [5.41, 5.74) is 0.396. The third-order valence-electron chi connectivity index (χ3n) is 3.08. The van der Waals surface area contributed by atoms with E-state index in [4.69, 9.17) is 15.4 Å². The average Bonchev–Trinajstić information content (AvgIpc) is 2.35. The Bertz CT molecular complexity index is 626. The monoisotopic (exact) mass is 333 g/mol.